The van der Waals surface area contributed by atoms with Gasteiger partial charge in [-0.1, -0.05) is 19.9 Å². The van der Waals surface area contributed by atoms with E-state index in [-0.39, 0.29) is 29.7 Å². The number of carbonyl (C=O) groups excluding carboxylic acids is 2. The summed E-state index contributed by atoms with van der Waals surface area (Å²) in [6, 6.07) is 14.3. The van der Waals surface area contributed by atoms with Crippen molar-refractivity contribution in [1.29, 1.82) is 0 Å². The highest BCUT2D eigenvalue weighted by molar-refractivity contribution is 6.04. The highest BCUT2D eigenvalue weighted by Gasteiger charge is 2.35. The number of fused-ring (bicyclic) bond motifs is 1. The van der Waals surface area contributed by atoms with Crippen LogP contribution in [0.15, 0.2) is 53.3 Å². The highest BCUT2D eigenvalue weighted by Crippen LogP contribution is 2.29. The van der Waals surface area contributed by atoms with Crippen LogP contribution in [0.25, 0.3) is 10.9 Å². The van der Waals surface area contributed by atoms with Crippen molar-refractivity contribution < 1.29 is 14.3 Å². The van der Waals surface area contributed by atoms with E-state index in [1.54, 1.807) is 36.3 Å². The first kappa shape index (κ1) is 20.7. The fourth-order valence-electron chi connectivity index (χ4n) is 3.98. The molecule has 1 unspecified atom stereocenters. The highest BCUT2D eigenvalue weighted by atomic mass is 16.5. The Balaban J connectivity index is 1.51. The van der Waals surface area contributed by atoms with Gasteiger partial charge < -0.3 is 19.9 Å². The Hall–Kier alpha value is -3.61. The van der Waals surface area contributed by atoms with Crippen LogP contribution in [0.3, 0.4) is 0 Å². The minimum atomic E-state index is -0.452. The smallest absolute Gasteiger partial charge is 0.248 e. The monoisotopic (exact) mass is 419 g/mol. The largest absolute Gasteiger partial charge is 0.497 e. The summed E-state index contributed by atoms with van der Waals surface area (Å²) in [5, 5.41) is 3.85. The Labute approximate surface area is 180 Å². The van der Waals surface area contributed by atoms with Crippen LogP contribution in [0.4, 0.5) is 11.4 Å². The SMILES string of the molecule is COc1ccc(N2CC(C(=O)Nc3ccc4c(C(C)C)cc(=O)[nH]c4c3)CC2=O)cc1. The summed E-state index contributed by atoms with van der Waals surface area (Å²) >= 11 is 0. The van der Waals surface area contributed by atoms with Crippen molar-refractivity contribution in [3.8, 4) is 5.75 Å². The van der Waals surface area contributed by atoms with Crippen LogP contribution in [-0.2, 0) is 9.59 Å². The zero-order valence-corrected chi connectivity index (χ0v) is 17.8. The molecule has 7 nitrogen and oxygen atoms in total. The predicted octanol–water partition coefficient (Wildman–Crippen LogP) is 3.65. The average molecular weight is 419 g/mol. The Bertz CT molecular complexity index is 1200. The van der Waals surface area contributed by atoms with Gasteiger partial charge in [0.1, 0.15) is 5.75 Å². The summed E-state index contributed by atoms with van der Waals surface area (Å²) < 4.78 is 5.15. The predicted molar refractivity (Wildman–Crippen MR) is 121 cm³/mol. The van der Waals surface area contributed by atoms with E-state index in [1.807, 2.05) is 38.1 Å². The van der Waals surface area contributed by atoms with Gasteiger partial charge in [-0.25, -0.2) is 0 Å². The molecule has 2 aromatic carbocycles. The number of H-pyrrole nitrogens is 1. The number of ether oxygens (including phenoxy) is 1. The molecule has 2 amide bonds. The number of carbonyl (C=O) groups is 2. The second kappa shape index (κ2) is 8.26. The summed E-state index contributed by atoms with van der Waals surface area (Å²) in [4.78, 5) is 41.8. The Morgan fingerprint density at radius 2 is 1.87 bits per heavy atom. The van der Waals surface area contributed by atoms with Crippen molar-refractivity contribution in [1.82, 2.24) is 4.98 Å². The lowest BCUT2D eigenvalue weighted by molar-refractivity contribution is -0.122. The van der Waals surface area contributed by atoms with Crippen LogP contribution in [0.1, 0.15) is 31.7 Å². The maximum absolute atomic E-state index is 12.8. The first-order chi connectivity index (χ1) is 14.9. The molecule has 0 bridgehead atoms. The molecule has 2 N–H and O–H groups in total. The standard InChI is InChI=1S/C24H25N3O4/c1-14(2)20-12-22(28)26-21-11-16(4-9-19(20)21)25-24(30)15-10-23(29)27(13-15)17-5-7-18(31-3)8-6-17/h4-9,11-12,14-15H,10,13H2,1-3H3,(H,25,30)(H,26,28). The second-order valence-electron chi connectivity index (χ2n) is 8.10. The molecule has 160 valence electrons. The molecule has 7 heteroatoms. The quantitative estimate of drug-likeness (QED) is 0.660. The minimum Gasteiger partial charge on any atom is -0.497 e. The first-order valence-electron chi connectivity index (χ1n) is 10.3. The van der Waals surface area contributed by atoms with Gasteiger partial charge in [0.15, 0.2) is 0 Å². The van der Waals surface area contributed by atoms with E-state index >= 15 is 0 Å². The van der Waals surface area contributed by atoms with Gasteiger partial charge in [-0.2, -0.15) is 0 Å². The van der Waals surface area contributed by atoms with Crippen LogP contribution >= 0.6 is 0 Å². The number of pyridine rings is 1. The van der Waals surface area contributed by atoms with Gasteiger partial charge in [-0.05, 0) is 47.9 Å². The van der Waals surface area contributed by atoms with Crippen LogP contribution in [0.5, 0.6) is 5.75 Å². The second-order valence-corrected chi connectivity index (χ2v) is 8.10. The fraction of sp³-hybridized carbons (Fsp3) is 0.292. The van der Waals surface area contributed by atoms with Gasteiger partial charge in [0.2, 0.25) is 17.4 Å². The van der Waals surface area contributed by atoms with Crippen molar-refractivity contribution in [3.63, 3.8) is 0 Å². The molecule has 1 aliphatic heterocycles. The summed E-state index contributed by atoms with van der Waals surface area (Å²) in [6.07, 6.45) is 0.153. The van der Waals surface area contributed by atoms with Crippen molar-refractivity contribution in [2.45, 2.75) is 26.2 Å². The van der Waals surface area contributed by atoms with Crippen molar-refractivity contribution in [3.05, 3.63) is 64.4 Å². The van der Waals surface area contributed by atoms with E-state index in [4.69, 9.17) is 4.74 Å². The van der Waals surface area contributed by atoms with Crippen LogP contribution in [0.2, 0.25) is 0 Å². The number of hydrogen-bond donors (Lipinski definition) is 2. The summed E-state index contributed by atoms with van der Waals surface area (Å²) in [6.45, 7) is 4.39. The third-order valence-corrected chi connectivity index (χ3v) is 5.64. The van der Waals surface area contributed by atoms with Crippen molar-refractivity contribution in [2.24, 2.45) is 5.92 Å². The number of hydrogen-bond acceptors (Lipinski definition) is 4. The molecule has 1 aliphatic rings. The van der Waals surface area contributed by atoms with E-state index in [1.165, 1.54) is 0 Å². The van der Waals surface area contributed by atoms with Gasteiger partial charge in [-0.3, -0.25) is 14.4 Å². The maximum atomic E-state index is 12.8. The van der Waals surface area contributed by atoms with Gasteiger partial charge in [-0.15, -0.1) is 0 Å². The molecule has 0 aliphatic carbocycles. The Morgan fingerprint density at radius 1 is 1.13 bits per heavy atom. The molecule has 0 saturated carbocycles. The number of benzene rings is 2. The molecule has 0 radical (unpaired) electrons. The Kier molecular flexibility index (Phi) is 5.50. The lowest BCUT2D eigenvalue weighted by Gasteiger charge is -2.17. The van der Waals surface area contributed by atoms with E-state index < -0.39 is 5.92 Å². The van der Waals surface area contributed by atoms with Gasteiger partial charge >= 0.3 is 0 Å². The number of anilines is 2. The molecule has 4 rings (SSSR count). The third-order valence-electron chi connectivity index (χ3n) is 5.64. The molecule has 3 aromatic rings. The maximum Gasteiger partial charge on any atom is 0.248 e. The number of nitrogens with one attached hydrogen (secondary N) is 2. The third kappa shape index (κ3) is 4.17. The molecular weight excluding hydrogens is 394 g/mol. The molecule has 1 atom stereocenters. The molecule has 2 heterocycles. The van der Waals surface area contributed by atoms with E-state index in [9.17, 15) is 14.4 Å². The molecule has 1 saturated heterocycles. The zero-order chi connectivity index (χ0) is 22.1. The van der Waals surface area contributed by atoms with E-state index in [2.05, 4.69) is 10.3 Å². The zero-order valence-electron chi connectivity index (χ0n) is 17.8. The first-order valence-corrected chi connectivity index (χ1v) is 10.3. The number of aromatic nitrogens is 1. The molecule has 1 fully saturated rings. The lowest BCUT2D eigenvalue weighted by Crippen LogP contribution is -2.28. The average Bonchev–Trinajstić information content (AvgIpc) is 3.14. The normalized spacial score (nSPS) is 16.2. The summed E-state index contributed by atoms with van der Waals surface area (Å²) in [7, 11) is 1.59. The minimum absolute atomic E-state index is 0.0882. The number of rotatable bonds is 5. The molecule has 1 aromatic heterocycles. The lowest BCUT2D eigenvalue weighted by atomic mass is 9.98. The van der Waals surface area contributed by atoms with E-state index in [0.29, 0.717) is 23.5 Å². The fourth-order valence-corrected chi connectivity index (χ4v) is 3.98. The van der Waals surface area contributed by atoms with Crippen LogP contribution < -0.4 is 20.5 Å². The number of aromatic amines is 1. The van der Waals surface area contributed by atoms with Crippen LogP contribution in [-0.4, -0.2) is 30.5 Å². The van der Waals surface area contributed by atoms with Gasteiger partial charge in [0, 0.05) is 35.8 Å². The topological polar surface area (TPSA) is 91.5 Å². The van der Waals surface area contributed by atoms with Gasteiger partial charge in [0.05, 0.1) is 18.5 Å². The summed E-state index contributed by atoms with van der Waals surface area (Å²) in [5.41, 5.74) is 2.80. The number of amides is 2. The Morgan fingerprint density at radius 3 is 2.55 bits per heavy atom. The van der Waals surface area contributed by atoms with Crippen molar-refractivity contribution >= 4 is 34.1 Å². The van der Waals surface area contributed by atoms with Crippen molar-refractivity contribution in [2.75, 3.05) is 23.9 Å². The molecule has 31 heavy (non-hydrogen) atoms. The molecular formula is C24H25N3O4. The number of methoxy groups -OCH3 is 1. The van der Waals surface area contributed by atoms with Crippen LogP contribution in [0, 0.1) is 5.92 Å². The number of nitrogens with zero attached hydrogens (tertiary/aromatic N) is 1. The van der Waals surface area contributed by atoms with E-state index in [0.717, 1.165) is 16.6 Å². The molecule has 0 spiro atoms. The summed E-state index contributed by atoms with van der Waals surface area (Å²) in [5.74, 6) is 0.158. The van der Waals surface area contributed by atoms with Gasteiger partial charge in [0.25, 0.3) is 0 Å².